The van der Waals surface area contributed by atoms with Crippen LogP contribution in [-0.4, -0.2) is 16.9 Å². The van der Waals surface area contributed by atoms with Gasteiger partial charge in [0.05, 0.1) is 12.1 Å². The summed E-state index contributed by atoms with van der Waals surface area (Å²) in [6.45, 7) is 0.681. The Hall–Kier alpha value is -1.68. The van der Waals surface area contributed by atoms with E-state index in [1.165, 1.54) is 0 Å². The van der Waals surface area contributed by atoms with Crippen LogP contribution in [0, 0.1) is 0 Å². The van der Waals surface area contributed by atoms with Crippen molar-refractivity contribution >= 4 is 17.4 Å². The van der Waals surface area contributed by atoms with Crippen molar-refractivity contribution in [3.8, 4) is 5.75 Å². The van der Waals surface area contributed by atoms with Crippen molar-refractivity contribution in [2.75, 3.05) is 12.4 Å². The van der Waals surface area contributed by atoms with Crippen LogP contribution >= 0.6 is 11.6 Å². The van der Waals surface area contributed by atoms with Crippen LogP contribution in [0.4, 0.5) is 5.82 Å². The topological polar surface area (TPSA) is 39.1 Å². The lowest BCUT2D eigenvalue weighted by atomic mass is 10.2. The Morgan fingerprint density at radius 2 is 2.24 bits per heavy atom. The van der Waals surface area contributed by atoms with Crippen molar-refractivity contribution in [2.45, 2.75) is 6.54 Å². The minimum absolute atomic E-state index is 0.618. The first-order valence-corrected chi connectivity index (χ1v) is 5.63. The second kappa shape index (κ2) is 5.10. The van der Waals surface area contributed by atoms with Crippen LogP contribution in [0.2, 0.25) is 5.02 Å². The molecule has 0 amide bonds. The molecule has 4 nitrogen and oxygen atoms in total. The molecule has 1 aromatic carbocycles. The molecule has 0 spiro atoms. The molecule has 0 fully saturated rings. The summed E-state index contributed by atoms with van der Waals surface area (Å²) in [5, 5.41) is 8.06. The largest absolute Gasteiger partial charge is 0.495 e. The molecule has 0 saturated heterocycles. The molecule has 0 aliphatic carbocycles. The van der Waals surface area contributed by atoms with Gasteiger partial charge in [0.1, 0.15) is 11.6 Å². The average Bonchev–Trinajstić information content (AvgIpc) is 2.73. The maximum Gasteiger partial charge on any atom is 0.148 e. The van der Waals surface area contributed by atoms with Crippen molar-refractivity contribution in [1.82, 2.24) is 9.78 Å². The maximum atomic E-state index is 6.04. The number of benzene rings is 1. The summed E-state index contributed by atoms with van der Waals surface area (Å²) >= 11 is 6.04. The summed E-state index contributed by atoms with van der Waals surface area (Å²) in [6.07, 6.45) is 1.89. The Labute approximate surface area is 105 Å². The minimum Gasteiger partial charge on any atom is -0.495 e. The number of hydrogen-bond acceptors (Lipinski definition) is 3. The number of nitrogens with zero attached hydrogens (tertiary/aromatic N) is 2. The Morgan fingerprint density at radius 3 is 2.82 bits per heavy atom. The summed E-state index contributed by atoms with van der Waals surface area (Å²) in [6, 6.07) is 7.64. The Bertz CT molecular complexity index is 510. The number of aromatic nitrogens is 2. The van der Waals surface area contributed by atoms with Crippen molar-refractivity contribution < 1.29 is 4.74 Å². The van der Waals surface area contributed by atoms with E-state index in [0.717, 1.165) is 11.4 Å². The highest BCUT2D eigenvalue weighted by molar-refractivity contribution is 6.32. The van der Waals surface area contributed by atoms with E-state index < -0.39 is 0 Å². The molecule has 1 aromatic heterocycles. The predicted molar refractivity (Wildman–Crippen MR) is 68.5 cm³/mol. The maximum absolute atomic E-state index is 6.04. The smallest absolute Gasteiger partial charge is 0.148 e. The fraction of sp³-hybridized carbons (Fsp3) is 0.250. The molecule has 0 saturated carbocycles. The van der Waals surface area contributed by atoms with Gasteiger partial charge in [-0.15, -0.1) is 0 Å². The van der Waals surface area contributed by atoms with Crippen LogP contribution in [0.5, 0.6) is 5.75 Å². The molecule has 90 valence electrons. The van der Waals surface area contributed by atoms with Crippen molar-refractivity contribution in [3.05, 3.63) is 41.0 Å². The molecule has 0 radical (unpaired) electrons. The number of rotatable bonds is 4. The lowest BCUT2D eigenvalue weighted by Crippen LogP contribution is -2.01. The third-order valence-electron chi connectivity index (χ3n) is 2.40. The molecule has 0 aliphatic rings. The monoisotopic (exact) mass is 251 g/mol. The van der Waals surface area contributed by atoms with Gasteiger partial charge < -0.3 is 10.1 Å². The zero-order chi connectivity index (χ0) is 12.3. The molecule has 1 N–H and O–H groups in total. The molecule has 1 heterocycles. The van der Waals surface area contributed by atoms with Crippen molar-refractivity contribution in [2.24, 2.45) is 7.05 Å². The third-order valence-corrected chi connectivity index (χ3v) is 2.70. The molecular formula is C12H14ClN3O. The Kier molecular flexibility index (Phi) is 3.54. The molecule has 0 atom stereocenters. The number of halogens is 1. The van der Waals surface area contributed by atoms with Gasteiger partial charge in [0, 0.05) is 25.9 Å². The van der Waals surface area contributed by atoms with Crippen molar-refractivity contribution in [3.63, 3.8) is 0 Å². The van der Waals surface area contributed by atoms with E-state index >= 15 is 0 Å². The molecule has 0 unspecified atom stereocenters. The Balaban J connectivity index is 2.02. The summed E-state index contributed by atoms with van der Waals surface area (Å²) < 4.78 is 6.85. The molecule has 2 rings (SSSR count). The highest BCUT2D eigenvalue weighted by Gasteiger charge is 2.02. The van der Waals surface area contributed by atoms with Crippen LogP contribution in [0.25, 0.3) is 0 Å². The summed E-state index contributed by atoms with van der Waals surface area (Å²) in [7, 11) is 3.49. The summed E-state index contributed by atoms with van der Waals surface area (Å²) in [4.78, 5) is 0. The molecule has 5 heteroatoms. The van der Waals surface area contributed by atoms with Crippen LogP contribution in [0.1, 0.15) is 5.56 Å². The van der Waals surface area contributed by atoms with Gasteiger partial charge in [-0.2, -0.15) is 5.10 Å². The average molecular weight is 252 g/mol. The van der Waals surface area contributed by atoms with E-state index in [2.05, 4.69) is 10.4 Å². The van der Waals surface area contributed by atoms with Gasteiger partial charge in [-0.3, -0.25) is 4.68 Å². The third kappa shape index (κ3) is 2.91. The second-order valence-electron chi connectivity index (χ2n) is 3.70. The first-order valence-electron chi connectivity index (χ1n) is 5.25. The van der Waals surface area contributed by atoms with Crippen LogP contribution < -0.4 is 10.1 Å². The molecule has 17 heavy (non-hydrogen) atoms. The van der Waals surface area contributed by atoms with E-state index in [1.807, 2.05) is 37.5 Å². The number of hydrogen-bond donors (Lipinski definition) is 1. The molecular weight excluding hydrogens is 238 g/mol. The fourth-order valence-corrected chi connectivity index (χ4v) is 1.80. The SMILES string of the molecule is COc1ccc(CNc2ccn(C)n2)cc1Cl. The molecule has 0 bridgehead atoms. The first-order chi connectivity index (χ1) is 8.19. The lowest BCUT2D eigenvalue weighted by Gasteiger charge is -2.06. The lowest BCUT2D eigenvalue weighted by molar-refractivity contribution is 0.415. The van der Waals surface area contributed by atoms with Gasteiger partial charge in [-0.05, 0) is 17.7 Å². The predicted octanol–water partition coefficient (Wildman–Crippen LogP) is 2.69. The van der Waals surface area contributed by atoms with Crippen molar-refractivity contribution in [1.29, 1.82) is 0 Å². The van der Waals surface area contributed by atoms with E-state index in [0.29, 0.717) is 17.3 Å². The van der Waals surface area contributed by atoms with Gasteiger partial charge in [0.2, 0.25) is 0 Å². The van der Waals surface area contributed by atoms with Crippen LogP contribution in [0.3, 0.4) is 0 Å². The quantitative estimate of drug-likeness (QED) is 0.908. The van der Waals surface area contributed by atoms with E-state index in [-0.39, 0.29) is 0 Å². The standard InChI is InChI=1S/C12H14ClN3O/c1-16-6-5-12(15-16)14-8-9-3-4-11(17-2)10(13)7-9/h3-7H,8H2,1-2H3,(H,14,15). The summed E-state index contributed by atoms with van der Waals surface area (Å²) in [5.74, 6) is 1.53. The normalized spacial score (nSPS) is 10.3. The van der Waals surface area contributed by atoms with E-state index in [4.69, 9.17) is 16.3 Å². The van der Waals surface area contributed by atoms with Gasteiger partial charge in [0.25, 0.3) is 0 Å². The number of ether oxygens (including phenoxy) is 1. The van der Waals surface area contributed by atoms with E-state index in [1.54, 1.807) is 11.8 Å². The first kappa shape index (κ1) is 11.8. The second-order valence-corrected chi connectivity index (χ2v) is 4.10. The number of aryl methyl sites for hydroxylation is 1. The zero-order valence-electron chi connectivity index (χ0n) is 9.77. The number of nitrogens with one attached hydrogen (secondary N) is 1. The number of methoxy groups -OCH3 is 1. The minimum atomic E-state index is 0.618. The summed E-state index contributed by atoms with van der Waals surface area (Å²) in [5.41, 5.74) is 1.08. The van der Waals surface area contributed by atoms with Crippen LogP contribution in [0.15, 0.2) is 30.5 Å². The highest BCUT2D eigenvalue weighted by Crippen LogP contribution is 2.25. The zero-order valence-corrected chi connectivity index (χ0v) is 10.5. The van der Waals surface area contributed by atoms with Gasteiger partial charge >= 0.3 is 0 Å². The highest BCUT2D eigenvalue weighted by atomic mass is 35.5. The molecule has 0 aliphatic heterocycles. The van der Waals surface area contributed by atoms with Gasteiger partial charge in [0.15, 0.2) is 0 Å². The molecule has 2 aromatic rings. The fourth-order valence-electron chi connectivity index (χ4n) is 1.52. The number of anilines is 1. The van der Waals surface area contributed by atoms with Gasteiger partial charge in [-0.1, -0.05) is 17.7 Å². The van der Waals surface area contributed by atoms with Crippen LogP contribution in [-0.2, 0) is 13.6 Å². The van der Waals surface area contributed by atoms with Gasteiger partial charge in [-0.25, -0.2) is 0 Å². The Morgan fingerprint density at radius 1 is 1.41 bits per heavy atom. The van der Waals surface area contributed by atoms with E-state index in [9.17, 15) is 0 Å².